The first-order chi connectivity index (χ1) is 16.6. The Bertz CT molecular complexity index is 1100. The Labute approximate surface area is 208 Å². The van der Waals surface area contributed by atoms with E-state index >= 15 is 0 Å². The predicted molar refractivity (Wildman–Crippen MR) is 140 cm³/mol. The number of rotatable bonds is 9. The Hall–Kier alpha value is -3.32. The third-order valence-corrected chi connectivity index (χ3v) is 6.26. The van der Waals surface area contributed by atoms with E-state index in [1.807, 2.05) is 95.2 Å². The van der Waals surface area contributed by atoms with Crippen LogP contribution in [-0.4, -0.2) is 74.5 Å². The average Bonchev–Trinajstić information content (AvgIpc) is 3.07. The van der Waals surface area contributed by atoms with Crippen molar-refractivity contribution >= 4 is 23.1 Å². The molecule has 0 spiro atoms. The van der Waals surface area contributed by atoms with Crippen LogP contribution in [0.2, 0.25) is 0 Å². The summed E-state index contributed by atoms with van der Waals surface area (Å²) in [6.07, 6.45) is 0. The van der Waals surface area contributed by atoms with Gasteiger partial charge in [0.15, 0.2) is 0 Å². The van der Waals surface area contributed by atoms with E-state index in [-0.39, 0.29) is 17.3 Å². The van der Waals surface area contributed by atoms with Gasteiger partial charge >= 0.3 is 0 Å². The van der Waals surface area contributed by atoms with Gasteiger partial charge in [-0.2, -0.15) is 0 Å². The minimum absolute atomic E-state index is 0.116. The topological polar surface area (TPSA) is 73.3 Å². The fourth-order valence-electron chi connectivity index (χ4n) is 4.31. The third kappa shape index (κ3) is 5.51. The summed E-state index contributed by atoms with van der Waals surface area (Å²) in [4.78, 5) is 31.9. The van der Waals surface area contributed by atoms with Crippen LogP contribution in [0.5, 0.6) is 5.75 Å². The molecule has 0 radical (unpaired) electrons. The van der Waals surface area contributed by atoms with Crippen LogP contribution in [0.25, 0.3) is 5.76 Å². The second-order valence-electron chi connectivity index (χ2n) is 9.62. The van der Waals surface area contributed by atoms with Crippen LogP contribution in [0.3, 0.4) is 0 Å². The lowest BCUT2D eigenvalue weighted by molar-refractivity contribution is -0.140. The lowest BCUT2D eigenvalue weighted by Gasteiger charge is -2.27. The van der Waals surface area contributed by atoms with Crippen molar-refractivity contribution in [3.05, 3.63) is 64.7 Å². The SMILES string of the molecule is CCOc1ccc(/C(O)=C2/C(=O)C(=O)N(CCN(C)C)C2c2ccc(N(C)C)cc2)cc1C(C)C. The van der Waals surface area contributed by atoms with Crippen LogP contribution >= 0.6 is 0 Å². The number of amides is 1. The molecule has 35 heavy (non-hydrogen) atoms. The molecular formula is C28H37N3O4. The summed E-state index contributed by atoms with van der Waals surface area (Å²) in [6, 6.07) is 12.5. The highest BCUT2D eigenvalue weighted by Crippen LogP contribution is 2.40. The molecule has 2 aromatic carbocycles. The minimum atomic E-state index is -0.666. The zero-order chi connectivity index (χ0) is 25.9. The number of Topliss-reactive ketones (excluding diaryl/α,β-unsaturated/α-hetero) is 1. The van der Waals surface area contributed by atoms with Crippen LogP contribution in [0.4, 0.5) is 5.69 Å². The van der Waals surface area contributed by atoms with Gasteiger partial charge < -0.3 is 24.5 Å². The first-order valence-corrected chi connectivity index (χ1v) is 12.0. The Morgan fingerprint density at radius 1 is 1.06 bits per heavy atom. The molecule has 1 fully saturated rings. The molecule has 1 aliphatic rings. The van der Waals surface area contributed by atoms with E-state index in [9.17, 15) is 14.7 Å². The summed E-state index contributed by atoms with van der Waals surface area (Å²) >= 11 is 0. The van der Waals surface area contributed by atoms with E-state index < -0.39 is 17.7 Å². The number of likely N-dealkylation sites (N-methyl/N-ethyl adjacent to an activating group) is 1. The maximum Gasteiger partial charge on any atom is 0.295 e. The largest absolute Gasteiger partial charge is 0.507 e. The number of aliphatic hydroxyl groups excluding tert-OH is 1. The van der Waals surface area contributed by atoms with Crippen molar-refractivity contribution < 1.29 is 19.4 Å². The Kier molecular flexibility index (Phi) is 8.22. The van der Waals surface area contributed by atoms with Gasteiger partial charge in [0.2, 0.25) is 0 Å². The third-order valence-electron chi connectivity index (χ3n) is 6.26. The van der Waals surface area contributed by atoms with Gasteiger partial charge in [-0.1, -0.05) is 26.0 Å². The van der Waals surface area contributed by atoms with E-state index in [0.717, 1.165) is 22.6 Å². The van der Waals surface area contributed by atoms with Crippen molar-refractivity contribution in [1.29, 1.82) is 0 Å². The van der Waals surface area contributed by atoms with Gasteiger partial charge in [0.1, 0.15) is 11.5 Å². The predicted octanol–water partition coefficient (Wildman–Crippen LogP) is 4.26. The Morgan fingerprint density at radius 2 is 1.71 bits per heavy atom. The molecule has 1 aliphatic heterocycles. The van der Waals surface area contributed by atoms with Crippen LogP contribution in [0.15, 0.2) is 48.0 Å². The maximum atomic E-state index is 13.3. The van der Waals surface area contributed by atoms with Crippen molar-refractivity contribution in [3.8, 4) is 5.75 Å². The molecule has 0 aromatic heterocycles. The van der Waals surface area contributed by atoms with Crippen molar-refractivity contribution in [2.24, 2.45) is 0 Å². The number of aliphatic hydroxyl groups is 1. The Morgan fingerprint density at radius 3 is 2.26 bits per heavy atom. The molecule has 188 valence electrons. The summed E-state index contributed by atoms with van der Waals surface area (Å²) in [6.45, 7) is 7.52. The number of nitrogens with zero attached hydrogens (tertiary/aromatic N) is 3. The zero-order valence-corrected chi connectivity index (χ0v) is 21.8. The second-order valence-corrected chi connectivity index (χ2v) is 9.62. The van der Waals surface area contributed by atoms with E-state index in [1.165, 1.54) is 0 Å². The standard InChI is InChI=1S/C28H37N3O4/c1-8-35-23-14-11-20(17-22(23)18(2)3)26(32)24-25(19-9-12-21(13-10-19)30(6)7)31(16-15-29(4)5)28(34)27(24)33/h9-14,17-18,25,32H,8,15-16H2,1-7H3/b26-24-. The number of ether oxygens (including phenoxy) is 1. The summed E-state index contributed by atoms with van der Waals surface area (Å²) in [5, 5.41) is 11.4. The molecule has 2 aromatic rings. The number of anilines is 1. The summed E-state index contributed by atoms with van der Waals surface area (Å²) in [7, 11) is 7.75. The monoisotopic (exact) mass is 479 g/mol. The second kappa shape index (κ2) is 11.0. The van der Waals surface area contributed by atoms with Crippen molar-refractivity contribution in [2.75, 3.05) is 52.8 Å². The van der Waals surface area contributed by atoms with Gasteiger partial charge in [-0.25, -0.2) is 0 Å². The highest BCUT2D eigenvalue weighted by Gasteiger charge is 2.46. The van der Waals surface area contributed by atoms with Gasteiger partial charge in [0.05, 0.1) is 18.2 Å². The molecule has 0 bridgehead atoms. The van der Waals surface area contributed by atoms with Crippen LogP contribution in [0.1, 0.15) is 49.4 Å². The molecule has 0 aliphatic carbocycles. The lowest BCUT2D eigenvalue weighted by Crippen LogP contribution is -2.35. The number of carbonyl (C=O) groups excluding carboxylic acids is 2. The van der Waals surface area contributed by atoms with Gasteiger partial charge in [-0.3, -0.25) is 9.59 Å². The normalized spacial score (nSPS) is 17.5. The molecule has 1 heterocycles. The maximum absolute atomic E-state index is 13.3. The highest BCUT2D eigenvalue weighted by atomic mass is 16.5. The molecule has 7 nitrogen and oxygen atoms in total. The summed E-state index contributed by atoms with van der Waals surface area (Å²) < 4.78 is 5.75. The van der Waals surface area contributed by atoms with Gasteiger partial charge in [0, 0.05) is 38.4 Å². The van der Waals surface area contributed by atoms with E-state index in [1.54, 1.807) is 11.0 Å². The smallest absolute Gasteiger partial charge is 0.295 e. The fourth-order valence-corrected chi connectivity index (χ4v) is 4.31. The van der Waals surface area contributed by atoms with Crippen molar-refractivity contribution in [2.45, 2.75) is 32.7 Å². The van der Waals surface area contributed by atoms with Gasteiger partial charge in [-0.15, -0.1) is 0 Å². The first-order valence-electron chi connectivity index (χ1n) is 12.0. The summed E-state index contributed by atoms with van der Waals surface area (Å²) in [5.41, 5.74) is 3.34. The van der Waals surface area contributed by atoms with Crippen molar-refractivity contribution in [3.63, 3.8) is 0 Å². The van der Waals surface area contributed by atoms with Gasteiger partial charge in [0.25, 0.3) is 11.7 Å². The quantitative estimate of drug-likeness (QED) is 0.329. The van der Waals surface area contributed by atoms with E-state index in [4.69, 9.17) is 4.74 Å². The number of carbonyl (C=O) groups is 2. The minimum Gasteiger partial charge on any atom is -0.507 e. The van der Waals surface area contributed by atoms with Crippen molar-refractivity contribution in [1.82, 2.24) is 9.80 Å². The van der Waals surface area contributed by atoms with Crippen LogP contribution in [-0.2, 0) is 9.59 Å². The number of hydrogen-bond donors (Lipinski definition) is 1. The van der Waals surface area contributed by atoms with Gasteiger partial charge in [-0.05, 0) is 68.4 Å². The molecule has 1 amide bonds. The zero-order valence-electron chi connectivity index (χ0n) is 21.8. The van der Waals surface area contributed by atoms with Crippen LogP contribution in [0, 0.1) is 0 Å². The number of likely N-dealkylation sites (tertiary alicyclic amines) is 1. The number of hydrogen-bond acceptors (Lipinski definition) is 6. The molecule has 1 atom stereocenters. The van der Waals surface area contributed by atoms with E-state index in [0.29, 0.717) is 25.3 Å². The van der Waals surface area contributed by atoms with Crippen LogP contribution < -0.4 is 9.64 Å². The summed E-state index contributed by atoms with van der Waals surface area (Å²) in [5.74, 6) is -0.516. The first kappa shape index (κ1) is 26.3. The average molecular weight is 480 g/mol. The molecule has 1 N–H and O–H groups in total. The fraction of sp³-hybridized carbons (Fsp3) is 0.429. The molecule has 1 saturated heterocycles. The Balaban J connectivity index is 2.16. The molecule has 1 unspecified atom stereocenters. The number of benzene rings is 2. The molecule has 7 heteroatoms. The molecular weight excluding hydrogens is 442 g/mol. The lowest BCUT2D eigenvalue weighted by atomic mass is 9.93. The highest BCUT2D eigenvalue weighted by molar-refractivity contribution is 6.46. The number of ketones is 1. The molecule has 0 saturated carbocycles. The molecule has 3 rings (SSSR count). The van der Waals surface area contributed by atoms with E-state index in [2.05, 4.69) is 0 Å².